The Bertz CT molecular complexity index is 381. The number of hydrogen-bond acceptors (Lipinski definition) is 4. The maximum absolute atomic E-state index is 9.98. The van der Waals surface area contributed by atoms with E-state index in [-0.39, 0.29) is 12.3 Å². The van der Waals surface area contributed by atoms with Crippen LogP contribution in [0.25, 0.3) is 6.08 Å². The first-order chi connectivity index (χ1) is 6.58. The largest absolute Gasteiger partial charge is 0.461 e. The summed E-state index contributed by atoms with van der Waals surface area (Å²) < 4.78 is 5.13. The molecule has 6 nitrogen and oxygen atoms in total. The van der Waals surface area contributed by atoms with Crippen LogP contribution in [0.1, 0.15) is 11.5 Å². The van der Waals surface area contributed by atoms with E-state index in [1.807, 2.05) is 0 Å². The third-order valence-electron chi connectivity index (χ3n) is 1.41. The number of amidine groups is 1. The van der Waals surface area contributed by atoms with Crippen molar-refractivity contribution in [1.82, 2.24) is 0 Å². The Morgan fingerprint density at radius 1 is 1.71 bits per heavy atom. The summed E-state index contributed by atoms with van der Waals surface area (Å²) in [4.78, 5) is 9.40. The standard InChI is InChI=1S/C8H9N3O3/c9-8(10)5-7-2-1-6(14-7)3-4-11(12)13/h1-4H,5H2,(H3,9,10)/b4-3+. The minimum absolute atomic E-state index is 0.0100. The molecule has 0 atom stereocenters. The zero-order chi connectivity index (χ0) is 10.6. The third kappa shape index (κ3) is 3.10. The van der Waals surface area contributed by atoms with Gasteiger partial charge in [-0.2, -0.15) is 0 Å². The molecule has 0 aliphatic heterocycles. The summed E-state index contributed by atoms with van der Waals surface area (Å²) >= 11 is 0. The number of nitro groups is 1. The molecule has 6 heteroatoms. The van der Waals surface area contributed by atoms with Crippen molar-refractivity contribution in [2.75, 3.05) is 0 Å². The Morgan fingerprint density at radius 3 is 3.00 bits per heavy atom. The van der Waals surface area contributed by atoms with Gasteiger partial charge in [0.25, 0.3) is 0 Å². The average Bonchev–Trinajstić information content (AvgIpc) is 2.47. The summed E-state index contributed by atoms with van der Waals surface area (Å²) in [5.41, 5.74) is 5.15. The number of nitrogens with one attached hydrogen (secondary N) is 1. The van der Waals surface area contributed by atoms with Crippen LogP contribution in [0.4, 0.5) is 0 Å². The maximum Gasteiger partial charge on any atom is 0.238 e. The monoisotopic (exact) mass is 195 g/mol. The maximum atomic E-state index is 9.98. The molecule has 0 saturated heterocycles. The zero-order valence-corrected chi connectivity index (χ0v) is 7.27. The molecule has 1 aromatic rings. The second-order valence-corrected chi connectivity index (χ2v) is 2.61. The van der Waals surface area contributed by atoms with Gasteiger partial charge in [0.2, 0.25) is 6.20 Å². The Morgan fingerprint density at radius 2 is 2.43 bits per heavy atom. The minimum Gasteiger partial charge on any atom is -0.461 e. The molecule has 0 saturated carbocycles. The summed E-state index contributed by atoms with van der Waals surface area (Å²) in [7, 11) is 0. The molecular weight excluding hydrogens is 186 g/mol. The lowest BCUT2D eigenvalue weighted by Gasteiger charge is -1.91. The van der Waals surface area contributed by atoms with Gasteiger partial charge in [0.1, 0.15) is 11.5 Å². The molecule has 3 N–H and O–H groups in total. The van der Waals surface area contributed by atoms with Crippen molar-refractivity contribution >= 4 is 11.9 Å². The van der Waals surface area contributed by atoms with Crippen molar-refractivity contribution < 1.29 is 9.34 Å². The fourth-order valence-electron chi connectivity index (χ4n) is 0.901. The lowest BCUT2D eigenvalue weighted by Crippen LogP contribution is -2.11. The van der Waals surface area contributed by atoms with Crippen molar-refractivity contribution in [3.8, 4) is 0 Å². The molecule has 74 valence electrons. The van der Waals surface area contributed by atoms with E-state index in [0.29, 0.717) is 11.5 Å². The predicted molar refractivity (Wildman–Crippen MR) is 50.4 cm³/mol. The van der Waals surface area contributed by atoms with Gasteiger partial charge in [-0.25, -0.2) is 0 Å². The third-order valence-corrected chi connectivity index (χ3v) is 1.41. The van der Waals surface area contributed by atoms with Gasteiger partial charge in [-0.05, 0) is 12.1 Å². The van der Waals surface area contributed by atoms with Crippen LogP contribution in [0.2, 0.25) is 0 Å². The van der Waals surface area contributed by atoms with E-state index in [1.54, 1.807) is 12.1 Å². The Kier molecular flexibility index (Phi) is 3.01. The topological polar surface area (TPSA) is 106 Å². The minimum atomic E-state index is -0.576. The molecular formula is C8H9N3O3. The average molecular weight is 195 g/mol. The van der Waals surface area contributed by atoms with E-state index in [9.17, 15) is 10.1 Å². The van der Waals surface area contributed by atoms with Crippen LogP contribution in [-0.2, 0) is 6.42 Å². The highest BCUT2D eigenvalue weighted by molar-refractivity contribution is 5.78. The van der Waals surface area contributed by atoms with Gasteiger partial charge >= 0.3 is 0 Å². The molecule has 1 aromatic heterocycles. The van der Waals surface area contributed by atoms with Crippen molar-refractivity contribution in [3.05, 3.63) is 40.0 Å². The Labute approximate surface area is 79.7 Å². The second kappa shape index (κ2) is 4.22. The molecule has 14 heavy (non-hydrogen) atoms. The first kappa shape index (κ1) is 9.97. The van der Waals surface area contributed by atoms with Gasteiger partial charge < -0.3 is 10.2 Å². The van der Waals surface area contributed by atoms with Gasteiger partial charge in [0.05, 0.1) is 23.3 Å². The number of nitrogens with zero attached hydrogens (tertiary/aromatic N) is 1. The summed E-state index contributed by atoms with van der Waals surface area (Å²) in [5.74, 6) is 0.877. The van der Waals surface area contributed by atoms with E-state index >= 15 is 0 Å². The Hall–Kier alpha value is -2.11. The van der Waals surface area contributed by atoms with E-state index in [2.05, 4.69) is 0 Å². The van der Waals surface area contributed by atoms with E-state index in [4.69, 9.17) is 15.6 Å². The summed E-state index contributed by atoms with van der Waals surface area (Å²) in [6, 6.07) is 3.21. The van der Waals surface area contributed by atoms with Crippen LogP contribution in [0, 0.1) is 15.5 Å². The highest BCUT2D eigenvalue weighted by Gasteiger charge is 2.01. The molecule has 0 fully saturated rings. The number of furan rings is 1. The molecule has 0 bridgehead atoms. The van der Waals surface area contributed by atoms with E-state index in [1.165, 1.54) is 6.08 Å². The predicted octanol–water partition coefficient (Wildman–Crippen LogP) is 1.01. The van der Waals surface area contributed by atoms with Crippen molar-refractivity contribution in [1.29, 1.82) is 5.41 Å². The lowest BCUT2D eigenvalue weighted by atomic mass is 10.3. The second-order valence-electron chi connectivity index (χ2n) is 2.61. The fourth-order valence-corrected chi connectivity index (χ4v) is 0.901. The van der Waals surface area contributed by atoms with E-state index < -0.39 is 4.92 Å². The van der Waals surface area contributed by atoms with Crippen LogP contribution in [0.5, 0.6) is 0 Å². The van der Waals surface area contributed by atoms with Crippen molar-refractivity contribution in [2.45, 2.75) is 6.42 Å². The van der Waals surface area contributed by atoms with Crippen LogP contribution >= 0.6 is 0 Å². The van der Waals surface area contributed by atoms with E-state index in [0.717, 1.165) is 6.20 Å². The lowest BCUT2D eigenvalue weighted by molar-refractivity contribution is -0.401. The van der Waals surface area contributed by atoms with Gasteiger partial charge in [-0.3, -0.25) is 15.5 Å². The highest BCUT2D eigenvalue weighted by Crippen LogP contribution is 2.09. The SMILES string of the molecule is N=C(N)Cc1ccc(/C=C/[N+](=O)[O-])o1. The molecule has 0 aromatic carbocycles. The molecule has 0 amide bonds. The molecule has 0 aliphatic carbocycles. The molecule has 0 spiro atoms. The van der Waals surface area contributed by atoms with Gasteiger partial charge in [-0.15, -0.1) is 0 Å². The molecule has 1 rings (SSSR count). The molecule has 0 aliphatic rings. The molecule has 0 radical (unpaired) electrons. The van der Waals surface area contributed by atoms with Gasteiger partial charge in [-0.1, -0.05) is 0 Å². The van der Waals surface area contributed by atoms with Crippen molar-refractivity contribution in [2.24, 2.45) is 5.73 Å². The van der Waals surface area contributed by atoms with Gasteiger partial charge in [0, 0.05) is 0 Å². The quantitative estimate of drug-likeness (QED) is 0.323. The Balaban J connectivity index is 2.68. The number of rotatable bonds is 4. The molecule has 0 unspecified atom stereocenters. The number of hydrogen-bond donors (Lipinski definition) is 2. The highest BCUT2D eigenvalue weighted by atomic mass is 16.6. The summed E-state index contributed by atoms with van der Waals surface area (Å²) in [6.45, 7) is 0. The fraction of sp³-hybridized carbons (Fsp3) is 0.125. The van der Waals surface area contributed by atoms with Crippen LogP contribution in [0.15, 0.2) is 22.7 Å². The van der Waals surface area contributed by atoms with Crippen LogP contribution in [0.3, 0.4) is 0 Å². The van der Waals surface area contributed by atoms with Gasteiger partial charge in [0.15, 0.2) is 0 Å². The first-order valence-electron chi connectivity index (χ1n) is 3.81. The first-order valence-corrected chi connectivity index (χ1v) is 3.81. The number of nitrogens with two attached hydrogens (primary N) is 1. The molecule has 1 heterocycles. The normalized spacial score (nSPS) is 10.6. The van der Waals surface area contributed by atoms with Crippen molar-refractivity contribution in [3.63, 3.8) is 0 Å². The summed E-state index contributed by atoms with van der Waals surface area (Å²) in [6.07, 6.45) is 2.24. The van der Waals surface area contributed by atoms with Crippen LogP contribution in [-0.4, -0.2) is 10.8 Å². The zero-order valence-electron chi connectivity index (χ0n) is 7.27. The smallest absolute Gasteiger partial charge is 0.238 e. The summed E-state index contributed by atoms with van der Waals surface area (Å²) in [5, 5.41) is 17.0. The van der Waals surface area contributed by atoms with Crippen LogP contribution < -0.4 is 5.73 Å².